The van der Waals surface area contributed by atoms with E-state index in [4.69, 9.17) is 0 Å². The third kappa shape index (κ3) is 3.44. The van der Waals surface area contributed by atoms with Crippen LogP contribution in [0.4, 0.5) is 0 Å². The van der Waals surface area contributed by atoms with E-state index in [1.54, 1.807) is 11.3 Å². The Morgan fingerprint density at radius 2 is 2.40 bits per heavy atom. The van der Waals surface area contributed by atoms with Crippen LogP contribution in [0.5, 0.6) is 0 Å². The molecular formula is C12H16BrNS. The summed E-state index contributed by atoms with van der Waals surface area (Å²) in [5.41, 5.74) is 0. The van der Waals surface area contributed by atoms with Crippen molar-refractivity contribution in [2.45, 2.75) is 38.3 Å². The molecule has 1 aliphatic heterocycles. The molecular weight excluding hydrogens is 270 g/mol. The molecule has 0 radical (unpaired) electrons. The van der Waals surface area contributed by atoms with E-state index < -0.39 is 0 Å². The van der Waals surface area contributed by atoms with Gasteiger partial charge >= 0.3 is 0 Å². The zero-order chi connectivity index (χ0) is 10.7. The first-order valence-electron chi connectivity index (χ1n) is 5.42. The minimum Gasteiger partial charge on any atom is -0.308 e. The third-order valence-corrected chi connectivity index (χ3v) is 4.39. The molecule has 0 amide bonds. The fourth-order valence-electron chi connectivity index (χ4n) is 1.95. The molecule has 0 saturated carbocycles. The Morgan fingerprint density at radius 3 is 3.07 bits per heavy atom. The largest absolute Gasteiger partial charge is 0.308 e. The van der Waals surface area contributed by atoms with E-state index in [0.717, 1.165) is 0 Å². The molecule has 1 saturated heterocycles. The van der Waals surface area contributed by atoms with Gasteiger partial charge in [-0.25, -0.2) is 0 Å². The lowest BCUT2D eigenvalue weighted by molar-refractivity contribution is 0.375. The van der Waals surface area contributed by atoms with Crippen molar-refractivity contribution in [3.63, 3.8) is 0 Å². The lowest BCUT2D eigenvalue weighted by Gasteiger charge is -2.26. The van der Waals surface area contributed by atoms with Crippen molar-refractivity contribution >= 4 is 33.3 Å². The number of halogens is 1. The summed E-state index contributed by atoms with van der Waals surface area (Å²) in [6.07, 6.45) is 8.46. The number of nitrogens with one attached hydrogen (secondary N) is 1. The number of hydrogen-bond donors (Lipinski definition) is 1. The molecule has 1 fully saturated rings. The molecule has 3 heteroatoms. The summed E-state index contributed by atoms with van der Waals surface area (Å²) >= 11 is 5.25. The Labute approximate surface area is 104 Å². The third-order valence-electron chi connectivity index (χ3n) is 2.73. The van der Waals surface area contributed by atoms with Crippen molar-refractivity contribution in [1.29, 1.82) is 0 Å². The van der Waals surface area contributed by atoms with Crippen molar-refractivity contribution in [3.05, 3.63) is 26.9 Å². The Bertz CT molecular complexity index is 345. The monoisotopic (exact) mass is 285 g/mol. The average Bonchev–Trinajstić information content (AvgIpc) is 2.62. The Kier molecular flexibility index (Phi) is 4.00. The van der Waals surface area contributed by atoms with E-state index in [0.29, 0.717) is 12.1 Å². The van der Waals surface area contributed by atoms with Gasteiger partial charge in [0.05, 0.1) is 0 Å². The smallest absolute Gasteiger partial charge is 0.0288 e. The first kappa shape index (κ1) is 11.4. The fraction of sp³-hybridized carbons (Fsp3) is 0.500. The highest BCUT2D eigenvalue weighted by atomic mass is 79.9. The minimum absolute atomic E-state index is 0.564. The standard InChI is InChI=1S/C12H16BrNS/c1-9-3-2-4-11(14-9)5-6-12-7-10(13)8-15-12/h5-9,11,14H,2-4H2,1H3/b6-5+. The van der Waals surface area contributed by atoms with E-state index in [9.17, 15) is 0 Å². The van der Waals surface area contributed by atoms with Gasteiger partial charge in [0.15, 0.2) is 0 Å². The number of thiophene rings is 1. The topological polar surface area (TPSA) is 12.0 Å². The molecule has 2 heterocycles. The number of piperidine rings is 1. The fourth-order valence-corrected chi connectivity index (χ4v) is 3.30. The summed E-state index contributed by atoms with van der Waals surface area (Å²) in [5, 5.41) is 5.72. The molecule has 15 heavy (non-hydrogen) atoms. The van der Waals surface area contributed by atoms with E-state index >= 15 is 0 Å². The first-order chi connectivity index (χ1) is 7.24. The van der Waals surface area contributed by atoms with Gasteiger partial charge in [-0.2, -0.15) is 0 Å². The highest BCUT2D eigenvalue weighted by molar-refractivity contribution is 9.10. The van der Waals surface area contributed by atoms with Gasteiger partial charge in [0.25, 0.3) is 0 Å². The minimum atomic E-state index is 0.564. The van der Waals surface area contributed by atoms with Gasteiger partial charge in [-0.3, -0.25) is 0 Å². The first-order valence-corrected chi connectivity index (χ1v) is 7.09. The zero-order valence-corrected chi connectivity index (χ0v) is 11.3. The normalized spacial score (nSPS) is 27.3. The Hall–Kier alpha value is -0.120. The maximum atomic E-state index is 3.60. The van der Waals surface area contributed by atoms with Gasteiger partial charge in [0, 0.05) is 26.8 Å². The second-order valence-corrected chi connectivity index (χ2v) is 5.99. The van der Waals surface area contributed by atoms with E-state index in [1.165, 1.54) is 28.6 Å². The highest BCUT2D eigenvalue weighted by Gasteiger charge is 2.14. The molecule has 1 aliphatic rings. The van der Waals surface area contributed by atoms with Crippen LogP contribution in [0, 0.1) is 0 Å². The van der Waals surface area contributed by atoms with Crippen LogP contribution in [-0.4, -0.2) is 12.1 Å². The lowest BCUT2D eigenvalue weighted by Crippen LogP contribution is -2.39. The SMILES string of the molecule is CC1CCCC(/C=C/c2cc(Br)cs2)N1. The van der Waals surface area contributed by atoms with Crippen LogP contribution in [0.2, 0.25) is 0 Å². The van der Waals surface area contributed by atoms with E-state index in [1.807, 2.05) is 0 Å². The molecule has 0 aromatic carbocycles. The van der Waals surface area contributed by atoms with E-state index in [-0.39, 0.29) is 0 Å². The molecule has 1 aromatic heterocycles. The Morgan fingerprint density at radius 1 is 1.53 bits per heavy atom. The van der Waals surface area contributed by atoms with Crippen molar-refractivity contribution in [2.24, 2.45) is 0 Å². The van der Waals surface area contributed by atoms with Gasteiger partial charge in [-0.1, -0.05) is 12.5 Å². The van der Waals surface area contributed by atoms with Crippen molar-refractivity contribution in [3.8, 4) is 0 Å². The van der Waals surface area contributed by atoms with Crippen LogP contribution in [0.15, 0.2) is 22.0 Å². The molecule has 1 N–H and O–H groups in total. The molecule has 2 atom stereocenters. The van der Waals surface area contributed by atoms with Crippen LogP contribution in [-0.2, 0) is 0 Å². The summed E-state index contributed by atoms with van der Waals surface area (Å²) in [7, 11) is 0. The van der Waals surface area contributed by atoms with Gasteiger partial charge in [-0.05, 0) is 47.8 Å². The maximum Gasteiger partial charge on any atom is 0.0288 e. The van der Waals surface area contributed by atoms with E-state index in [2.05, 4.69) is 51.8 Å². The van der Waals surface area contributed by atoms with Gasteiger partial charge < -0.3 is 5.32 Å². The van der Waals surface area contributed by atoms with Gasteiger partial charge in [0.2, 0.25) is 0 Å². The molecule has 0 aliphatic carbocycles. The second kappa shape index (κ2) is 5.28. The van der Waals surface area contributed by atoms with Crippen LogP contribution in [0.25, 0.3) is 6.08 Å². The van der Waals surface area contributed by atoms with Crippen molar-refractivity contribution in [2.75, 3.05) is 0 Å². The number of rotatable bonds is 2. The predicted octanol–water partition coefficient (Wildman–Crippen LogP) is 4.05. The number of hydrogen-bond acceptors (Lipinski definition) is 2. The van der Waals surface area contributed by atoms with Crippen LogP contribution < -0.4 is 5.32 Å². The average molecular weight is 286 g/mol. The predicted molar refractivity (Wildman–Crippen MR) is 71.3 cm³/mol. The molecule has 1 aromatic rings. The summed E-state index contributed by atoms with van der Waals surface area (Å²) in [6, 6.07) is 3.39. The zero-order valence-electron chi connectivity index (χ0n) is 8.87. The summed E-state index contributed by atoms with van der Waals surface area (Å²) in [4.78, 5) is 1.32. The van der Waals surface area contributed by atoms with Crippen molar-refractivity contribution < 1.29 is 0 Å². The quantitative estimate of drug-likeness (QED) is 0.864. The van der Waals surface area contributed by atoms with Crippen LogP contribution in [0.1, 0.15) is 31.1 Å². The molecule has 0 bridgehead atoms. The summed E-state index contributed by atoms with van der Waals surface area (Å²) < 4.78 is 1.18. The molecule has 2 unspecified atom stereocenters. The van der Waals surface area contributed by atoms with Crippen LogP contribution in [0.3, 0.4) is 0 Å². The molecule has 82 valence electrons. The van der Waals surface area contributed by atoms with Gasteiger partial charge in [-0.15, -0.1) is 11.3 Å². The maximum absolute atomic E-state index is 3.60. The van der Waals surface area contributed by atoms with Gasteiger partial charge in [0.1, 0.15) is 0 Å². The molecule has 0 spiro atoms. The molecule has 2 rings (SSSR count). The summed E-state index contributed by atoms with van der Waals surface area (Å²) in [5.74, 6) is 0. The van der Waals surface area contributed by atoms with Crippen molar-refractivity contribution in [1.82, 2.24) is 5.32 Å². The summed E-state index contributed by atoms with van der Waals surface area (Å²) in [6.45, 7) is 2.27. The van der Waals surface area contributed by atoms with Crippen LogP contribution >= 0.6 is 27.3 Å². The Balaban J connectivity index is 1.93. The highest BCUT2D eigenvalue weighted by Crippen LogP contribution is 2.22. The lowest BCUT2D eigenvalue weighted by atomic mass is 9.99. The molecule has 1 nitrogen and oxygen atoms in total. The second-order valence-electron chi connectivity index (χ2n) is 4.13.